The third kappa shape index (κ3) is 4.85. The second kappa shape index (κ2) is 9.40. The lowest BCUT2D eigenvalue weighted by molar-refractivity contribution is -0.118. The number of carbonyl (C=O) groups is 1. The van der Waals surface area contributed by atoms with Crippen molar-refractivity contribution in [2.75, 3.05) is 19.0 Å². The maximum absolute atomic E-state index is 12.4. The Kier molecular flexibility index (Phi) is 6.60. The van der Waals surface area contributed by atoms with E-state index in [4.69, 9.17) is 37.1 Å². The molecule has 164 valence electrons. The summed E-state index contributed by atoms with van der Waals surface area (Å²) >= 11 is 15.6. The van der Waals surface area contributed by atoms with Crippen molar-refractivity contribution >= 4 is 61.8 Å². The molecule has 0 saturated carbocycles. The molecule has 4 aromatic rings. The highest BCUT2D eigenvalue weighted by molar-refractivity contribution is 9.10. The van der Waals surface area contributed by atoms with Gasteiger partial charge in [-0.25, -0.2) is 4.98 Å². The van der Waals surface area contributed by atoms with E-state index >= 15 is 0 Å². The number of halogens is 3. The first-order valence-electron chi connectivity index (χ1n) is 9.47. The molecule has 0 aliphatic heterocycles. The number of hydrogen-bond acceptors (Lipinski definition) is 5. The predicted octanol–water partition coefficient (Wildman–Crippen LogP) is 6.90. The van der Waals surface area contributed by atoms with Crippen LogP contribution in [-0.2, 0) is 4.79 Å². The van der Waals surface area contributed by atoms with Gasteiger partial charge in [-0.3, -0.25) is 4.79 Å². The number of hydrogen-bond donors (Lipinski definition) is 1. The number of aryl methyl sites for hydroxylation is 1. The lowest BCUT2D eigenvalue weighted by atomic mass is 10.2. The number of amides is 1. The molecule has 9 heteroatoms. The number of nitrogens with zero attached hydrogens (tertiary/aromatic N) is 1. The largest absolute Gasteiger partial charge is 0.496 e. The molecule has 0 radical (unpaired) electrons. The van der Waals surface area contributed by atoms with Crippen LogP contribution in [0.25, 0.3) is 22.6 Å². The number of ether oxygens (including phenoxy) is 2. The Bertz CT molecular complexity index is 1300. The van der Waals surface area contributed by atoms with Crippen molar-refractivity contribution < 1.29 is 18.7 Å². The van der Waals surface area contributed by atoms with Gasteiger partial charge in [0.15, 0.2) is 12.2 Å². The van der Waals surface area contributed by atoms with Gasteiger partial charge in [-0.05, 0) is 76.9 Å². The fraction of sp³-hybridized carbons (Fsp3) is 0.130. The third-order valence-corrected chi connectivity index (χ3v) is 5.73. The van der Waals surface area contributed by atoms with Gasteiger partial charge in [0.25, 0.3) is 5.91 Å². The smallest absolute Gasteiger partial charge is 0.262 e. The molecule has 1 heterocycles. The van der Waals surface area contributed by atoms with Crippen molar-refractivity contribution in [3.05, 3.63) is 68.6 Å². The van der Waals surface area contributed by atoms with Crippen LogP contribution in [0.15, 0.2) is 57.4 Å². The summed E-state index contributed by atoms with van der Waals surface area (Å²) < 4.78 is 17.5. The molecule has 0 aliphatic carbocycles. The molecule has 1 amide bonds. The maximum atomic E-state index is 12.4. The Labute approximate surface area is 202 Å². The van der Waals surface area contributed by atoms with Crippen LogP contribution in [0, 0.1) is 6.92 Å². The van der Waals surface area contributed by atoms with Crippen molar-refractivity contribution in [2.24, 2.45) is 0 Å². The zero-order valence-corrected chi connectivity index (χ0v) is 20.1. The van der Waals surface area contributed by atoms with Gasteiger partial charge in [0.05, 0.1) is 16.6 Å². The van der Waals surface area contributed by atoms with Gasteiger partial charge in [0.2, 0.25) is 5.89 Å². The number of benzene rings is 3. The summed E-state index contributed by atoms with van der Waals surface area (Å²) in [5.74, 6) is 1.27. The molecule has 3 aromatic carbocycles. The molecule has 1 N–H and O–H groups in total. The fourth-order valence-corrected chi connectivity index (χ4v) is 4.33. The van der Waals surface area contributed by atoms with Crippen molar-refractivity contribution in [1.29, 1.82) is 0 Å². The van der Waals surface area contributed by atoms with E-state index in [-0.39, 0.29) is 12.5 Å². The van der Waals surface area contributed by atoms with Crippen molar-refractivity contribution in [3.8, 4) is 23.0 Å². The number of nitrogens with one attached hydrogen (secondary N) is 1. The highest BCUT2D eigenvalue weighted by Gasteiger charge is 2.13. The predicted molar refractivity (Wildman–Crippen MR) is 129 cm³/mol. The first-order chi connectivity index (χ1) is 15.3. The summed E-state index contributed by atoms with van der Waals surface area (Å²) in [6.07, 6.45) is 0. The van der Waals surface area contributed by atoms with Crippen LogP contribution < -0.4 is 14.8 Å². The lowest BCUT2D eigenvalue weighted by Gasteiger charge is -2.11. The van der Waals surface area contributed by atoms with Crippen LogP contribution in [0.1, 0.15) is 5.56 Å². The van der Waals surface area contributed by atoms with Gasteiger partial charge in [0.1, 0.15) is 17.0 Å². The third-order valence-electron chi connectivity index (χ3n) is 4.61. The normalized spacial score (nSPS) is 10.9. The minimum Gasteiger partial charge on any atom is -0.496 e. The molecular weight excluding hydrogens is 519 g/mol. The minimum absolute atomic E-state index is 0.204. The molecular formula is C23H17BrCl2N2O4. The number of methoxy groups -OCH3 is 1. The summed E-state index contributed by atoms with van der Waals surface area (Å²) in [4.78, 5) is 16.9. The second-order valence-corrected chi connectivity index (χ2v) is 8.62. The molecule has 0 spiro atoms. The van der Waals surface area contributed by atoms with Crippen LogP contribution in [0.2, 0.25) is 10.0 Å². The number of carbonyl (C=O) groups excluding carboxylic acids is 1. The van der Waals surface area contributed by atoms with Crippen LogP contribution in [0.5, 0.6) is 11.5 Å². The van der Waals surface area contributed by atoms with Gasteiger partial charge in [-0.2, -0.15) is 0 Å². The van der Waals surface area contributed by atoms with Gasteiger partial charge in [0, 0.05) is 16.3 Å². The molecule has 4 rings (SSSR count). The van der Waals surface area contributed by atoms with Crippen molar-refractivity contribution in [3.63, 3.8) is 0 Å². The first-order valence-corrected chi connectivity index (χ1v) is 11.0. The molecule has 6 nitrogen and oxygen atoms in total. The highest BCUT2D eigenvalue weighted by atomic mass is 79.9. The van der Waals surface area contributed by atoms with Crippen LogP contribution in [0.3, 0.4) is 0 Å². The number of oxazole rings is 1. The summed E-state index contributed by atoms with van der Waals surface area (Å²) in [6.45, 7) is 1.60. The van der Waals surface area contributed by atoms with E-state index < -0.39 is 0 Å². The van der Waals surface area contributed by atoms with E-state index in [1.54, 1.807) is 37.4 Å². The molecule has 1 aromatic heterocycles. The number of aromatic nitrogens is 1. The minimum atomic E-state index is -0.336. The highest BCUT2D eigenvalue weighted by Crippen LogP contribution is 2.33. The summed E-state index contributed by atoms with van der Waals surface area (Å²) in [5.41, 5.74) is 3.33. The van der Waals surface area contributed by atoms with Gasteiger partial charge in [-0.15, -0.1) is 0 Å². The number of anilines is 1. The zero-order chi connectivity index (χ0) is 22.8. The van der Waals surface area contributed by atoms with Crippen molar-refractivity contribution in [1.82, 2.24) is 4.98 Å². The van der Waals surface area contributed by atoms with E-state index in [9.17, 15) is 4.79 Å². The summed E-state index contributed by atoms with van der Waals surface area (Å²) in [5, 5.41) is 3.65. The quantitative estimate of drug-likeness (QED) is 0.290. The number of fused-ring (bicyclic) bond motifs is 1. The first kappa shape index (κ1) is 22.5. The topological polar surface area (TPSA) is 73.6 Å². The zero-order valence-electron chi connectivity index (χ0n) is 17.0. The van der Waals surface area contributed by atoms with Crippen LogP contribution >= 0.6 is 39.1 Å². The van der Waals surface area contributed by atoms with Gasteiger partial charge in [-0.1, -0.05) is 23.2 Å². The fourth-order valence-electron chi connectivity index (χ4n) is 3.13. The number of rotatable bonds is 6. The van der Waals surface area contributed by atoms with E-state index in [1.165, 1.54) is 0 Å². The van der Waals surface area contributed by atoms with Crippen LogP contribution in [0.4, 0.5) is 5.69 Å². The molecule has 0 atom stereocenters. The Morgan fingerprint density at radius 3 is 2.69 bits per heavy atom. The Morgan fingerprint density at radius 1 is 1.16 bits per heavy atom. The summed E-state index contributed by atoms with van der Waals surface area (Å²) in [6, 6.07) is 14.1. The van der Waals surface area contributed by atoms with Crippen molar-refractivity contribution in [2.45, 2.75) is 6.92 Å². The SMILES string of the molecule is COc1ccc(-c2nc3cc(NC(=O)COc4c(C)cc(Cl)cc4Cl)ccc3o2)cc1Br. The van der Waals surface area contributed by atoms with Gasteiger partial charge < -0.3 is 19.2 Å². The molecule has 0 saturated heterocycles. The van der Waals surface area contributed by atoms with E-state index in [1.807, 2.05) is 25.1 Å². The van der Waals surface area contributed by atoms with E-state index in [2.05, 4.69) is 26.2 Å². The average Bonchev–Trinajstić information content (AvgIpc) is 3.16. The summed E-state index contributed by atoms with van der Waals surface area (Å²) in [7, 11) is 1.60. The van der Waals surface area contributed by atoms with E-state index in [0.29, 0.717) is 44.2 Å². The Morgan fingerprint density at radius 2 is 1.97 bits per heavy atom. The molecule has 0 aliphatic rings. The van der Waals surface area contributed by atoms with Gasteiger partial charge >= 0.3 is 0 Å². The second-order valence-electron chi connectivity index (χ2n) is 6.92. The lowest BCUT2D eigenvalue weighted by Crippen LogP contribution is -2.20. The Balaban J connectivity index is 1.47. The molecule has 0 bridgehead atoms. The molecule has 0 fully saturated rings. The molecule has 32 heavy (non-hydrogen) atoms. The molecule has 0 unspecified atom stereocenters. The standard InChI is InChI=1S/C23H17BrCl2N2O4/c1-12-7-14(25)9-17(26)22(12)31-11-21(29)27-15-4-6-20-18(10-15)28-23(32-20)13-3-5-19(30-2)16(24)8-13/h3-10H,11H2,1-2H3,(H,27,29). The Hall–Kier alpha value is -2.74. The van der Waals surface area contributed by atoms with E-state index in [0.717, 1.165) is 15.6 Å². The maximum Gasteiger partial charge on any atom is 0.262 e. The monoisotopic (exact) mass is 534 g/mol. The van der Waals surface area contributed by atoms with Crippen LogP contribution in [-0.4, -0.2) is 24.6 Å². The average molecular weight is 536 g/mol.